The van der Waals surface area contributed by atoms with Gasteiger partial charge in [-0.15, -0.1) is 0 Å². The second-order valence-electron chi connectivity index (χ2n) is 5.88. The number of rotatable bonds is 2. The highest BCUT2D eigenvalue weighted by Gasteiger charge is 2.30. The second-order valence-corrected chi connectivity index (χ2v) is 5.88. The molecule has 0 bridgehead atoms. The third kappa shape index (κ3) is 2.79. The van der Waals surface area contributed by atoms with E-state index in [2.05, 4.69) is 5.10 Å². The number of fused-ring (bicyclic) bond motifs is 1. The molecule has 3 aromatic carbocycles. The van der Waals surface area contributed by atoms with Crippen LogP contribution in [0.5, 0.6) is 5.75 Å². The largest absolute Gasteiger partial charge is 0.508 e. The molecule has 0 saturated carbocycles. The van der Waals surface area contributed by atoms with Gasteiger partial charge in [0.1, 0.15) is 11.4 Å². The van der Waals surface area contributed by atoms with E-state index < -0.39 is 11.7 Å². The Labute approximate surface area is 146 Å². The van der Waals surface area contributed by atoms with Crippen molar-refractivity contribution in [1.29, 1.82) is 0 Å². The van der Waals surface area contributed by atoms with Crippen LogP contribution in [0, 0.1) is 0 Å². The summed E-state index contributed by atoms with van der Waals surface area (Å²) in [5.74, 6) is 0.0262. The number of nitrogens with zero attached hydrogens (tertiary/aromatic N) is 2. The van der Waals surface area contributed by atoms with Crippen molar-refractivity contribution in [3.63, 3.8) is 0 Å². The average Bonchev–Trinajstić information content (AvgIpc) is 3.00. The third-order valence-electron chi connectivity index (χ3n) is 4.13. The summed E-state index contributed by atoms with van der Waals surface area (Å²) >= 11 is 0. The molecule has 1 N–H and O–H groups in total. The lowest BCUT2D eigenvalue weighted by Gasteiger charge is -2.07. The van der Waals surface area contributed by atoms with Crippen LogP contribution in [0.15, 0.2) is 72.8 Å². The number of phenolic OH excluding ortho intramolecular Hbond substituents is 1. The van der Waals surface area contributed by atoms with Crippen molar-refractivity contribution < 1.29 is 18.3 Å². The summed E-state index contributed by atoms with van der Waals surface area (Å²) < 4.78 is 40.9. The normalized spacial score (nSPS) is 11.8. The molecule has 4 rings (SSSR count). The Morgan fingerprint density at radius 1 is 0.846 bits per heavy atom. The van der Waals surface area contributed by atoms with E-state index in [1.54, 1.807) is 16.8 Å². The number of alkyl halides is 3. The topological polar surface area (TPSA) is 38.1 Å². The Morgan fingerprint density at radius 2 is 1.62 bits per heavy atom. The molecular formula is C20H13F3N2O. The highest BCUT2D eigenvalue weighted by Crippen LogP contribution is 2.35. The summed E-state index contributed by atoms with van der Waals surface area (Å²) in [4.78, 5) is 0. The molecule has 1 heterocycles. The maximum Gasteiger partial charge on any atom is 0.416 e. The molecule has 4 aromatic rings. The van der Waals surface area contributed by atoms with Gasteiger partial charge in [0.05, 0.1) is 16.8 Å². The quantitative estimate of drug-likeness (QED) is 0.522. The van der Waals surface area contributed by atoms with Gasteiger partial charge >= 0.3 is 6.18 Å². The van der Waals surface area contributed by atoms with E-state index in [0.29, 0.717) is 22.2 Å². The summed E-state index contributed by atoms with van der Waals surface area (Å²) in [6.07, 6.45) is -4.43. The lowest BCUT2D eigenvalue weighted by Crippen LogP contribution is -2.04. The Kier molecular flexibility index (Phi) is 3.68. The van der Waals surface area contributed by atoms with E-state index in [4.69, 9.17) is 0 Å². The molecule has 0 aliphatic rings. The van der Waals surface area contributed by atoms with Gasteiger partial charge in [0, 0.05) is 10.9 Å². The number of hydrogen-bond donors (Lipinski definition) is 1. The number of para-hydroxylation sites is 1. The van der Waals surface area contributed by atoms with Crippen LogP contribution in [0.4, 0.5) is 13.2 Å². The fourth-order valence-corrected chi connectivity index (χ4v) is 2.93. The van der Waals surface area contributed by atoms with Crippen molar-refractivity contribution in [3.05, 3.63) is 78.4 Å². The molecule has 0 radical (unpaired) electrons. The summed E-state index contributed by atoms with van der Waals surface area (Å²) in [6, 6.07) is 19.1. The number of aromatic nitrogens is 2. The molecular weight excluding hydrogens is 341 g/mol. The Hall–Kier alpha value is -3.28. The van der Waals surface area contributed by atoms with Gasteiger partial charge in [0.25, 0.3) is 0 Å². The molecule has 0 fully saturated rings. The maximum absolute atomic E-state index is 13.1. The number of halogens is 3. The smallest absolute Gasteiger partial charge is 0.416 e. The van der Waals surface area contributed by atoms with Gasteiger partial charge < -0.3 is 5.11 Å². The summed E-state index contributed by atoms with van der Waals surface area (Å²) in [5, 5.41) is 15.0. The Bertz CT molecular complexity index is 1090. The summed E-state index contributed by atoms with van der Waals surface area (Å²) in [5.41, 5.74) is 1.45. The summed E-state index contributed by atoms with van der Waals surface area (Å²) in [7, 11) is 0. The summed E-state index contributed by atoms with van der Waals surface area (Å²) in [6.45, 7) is 0. The van der Waals surface area contributed by atoms with Crippen LogP contribution < -0.4 is 0 Å². The minimum Gasteiger partial charge on any atom is -0.508 e. The van der Waals surface area contributed by atoms with E-state index >= 15 is 0 Å². The maximum atomic E-state index is 13.1. The predicted molar refractivity (Wildman–Crippen MR) is 93.2 cm³/mol. The van der Waals surface area contributed by atoms with Crippen molar-refractivity contribution >= 4 is 10.9 Å². The minimum atomic E-state index is -4.43. The number of aromatic hydroxyl groups is 1. The van der Waals surface area contributed by atoms with Crippen LogP contribution in [0.2, 0.25) is 0 Å². The molecule has 0 unspecified atom stereocenters. The Balaban J connectivity index is 1.98. The van der Waals surface area contributed by atoms with E-state index in [0.717, 1.165) is 17.8 Å². The zero-order valence-electron chi connectivity index (χ0n) is 13.4. The Morgan fingerprint density at radius 3 is 2.35 bits per heavy atom. The first-order valence-corrected chi connectivity index (χ1v) is 7.88. The lowest BCUT2D eigenvalue weighted by molar-refractivity contribution is -0.137. The van der Waals surface area contributed by atoms with Gasteiger partial charge in [-0.05, 0) is 42.5 Å². The van der Waals surface area contributed by atoms with Crippen LogP contribution >= 0.6 is 0 Å². The molecule has 0 aliphatic carbocycles. The van der Waals surface area contributed by atoms with E-state index in [-0.39, 0.29) is 5.75 Å². The third-order valence-corrected chi connectivity index (χ3v) is 4.13. The minimum absolute atomic E-state index is 0.0262. The fourth-order valence-electron chi connectivity index (χ4n) is 2.93. The van der Waals surface area contributed by atoms with E-state index in [9.17, 15) is 18.3 Å². The highest BCUT2D eigenvalue weighted by molar-refractivity contribution is 5.95. The van der Waals surface area contributed by atoms with Crippen molar-refractivity contribution in [3.8, 4) is 22.7 Å². The molecule has 26 heavy (non-hydrogen) atoms. The van der Waals surface area contributed by atoms with Gasteiger partial charge in [-0.1, -0.05) is 30.3 Å². The van der Waals surface area contributed by atoms with Crippen molar-refractivity contribution in [2.24, 2.45) is 0 Å². The number of hydrogen-bond acceptors (Lipinski definition) is 2. The SMILES string of the molecule is Oc1ccc2c(c1)c(-c1cccc(C(F)(F)F)c1)nn2-c1ccccc1. The molecule has 0 aliphatic heterocycles. The number of phenols is 1. The average molecular weight is 354 g/mol. The molecule has 1 aromatic heterocycles. The van der Waals surface area contributed by atoms with Crippen LogP contribution in [0.25, 0.3) is 27.8 Å². The van der Waals surface area contributed by atoms with Gasteiger partial charge in [0.2, 0.25) is 0 Å². The lowest BCUT2D eigenvalue weighted by atomic mass is 10.0. The van der Waals surface area contributed by atoms with E-state index in [1.807, 2.05) is 30.3 Å². The van der Waals surface area contributed by atoms with Crippen LogP contribution in [0.3, 0.4) is 0 Å². The van der Waals surface area contributed by atoms with Gasteiger partial charge in [0.15, 0.2) is 0 Å². The fraction of sp³-hybridized carbons (Fsp3) is 0.0500. The van der Waals surface area contributed by atoms with Crippen molar-refractivity contribution in [1.82, 2.24) is 9.78 Å². The molecule has 3 nitrogen and oxygen atoms in total. The molecule has 0 spiro atoms. The monoisotopic (exact) mass is 354 g/mol. The molecule has 0 atom stereocenters. The van der Waals surface area contributed by atoms with Crippen LogP contribution in [-0.4, -0.2) is 14.9 Å². The number of benzene rings is 3. The molecule has 0 saturated heterocycles. The van der Waals surface area contributed by atoms with Crippen molar-refractivity contribution in [2.75, 3.05) is 0 Å². The predicted octanol–water partition coefficient (Wildman–Crippen LogP) is 5.42. The molecule has 130 valence electrons. The van der Waals surface area contributed by atoms with Crippen LogP contribution in [0.1, 0.15) is 5.56 Å². The standard InChI is InChI=1S/C20H13F3N2O/c21-20(22,23)14-6-4-5-13(11-14)19-17-12-16(26)9-10-18(17)25(24-19)15-7-2-1-3-8-15/h1-12,26H. The highest BCUT2D eigenvalue weighted by atomic mass is 19.4. The first-order chi connectivity index (χ1) is 12.4. The molecule has 0 amide bonds. The van der Waals surface area contributed by atoms with E-state index in [1.165, 1.54) is 18.2 Å². The zero-order valence-corrected chi connectivity index (χ0v) is 13.4. The first kappa shape index (κ1) is 16.2. The van der Waals surface area contributed by atoms with Gasteiger partial charge in [-0.3, -0.25) is 0 Å². The van der Waals surface area contributed by atoms with Gasteiger partial charge in [-0.25, -0.2) is 4.68 Å². The molecule has 6 heteroatoms. The first-order valence-electron chi connectivity index (χ1n) is 7.88. The zero-order chi connectivity index (χ0) is 18.3. The second kappa shape index (κ2) is 5.91. The van der Waals surface area contributed by atoms with Gasteiger partial charge in [-0.2, -0.15) is 18.3 Å². The van der Waals surface area contributed by atoms with Crippen LogP contribution in [-0.2, 0) is 6.18 Å². The van der Waals surface area contributed by atoms with Crippen molar-refractivity contribution in [2.45, 2.75) is 6.18 Å².